The molecule has 1 unspecified atom stereocenters. The maximum atomic E-state index is 14.0. The van der Waals surface area contributed by atoms with Crippen LogP contribution in [0.4, 0.5) is 4.79 Å². The third-order valence-corrected chi connectivity index (χ3v) is 10.9. The number of amides is 4. The summed E-state index contributed by atoms with van der Waals surface area (Å²) in [7, 11) is -3.87. The van der Waals surface area contributed by atoms with Crippen molar-refractivity contribution in [2.75, 3.05) is 6.54 Å². The fraction of sp³-hybridized carbons (Fsp3) is 0.516. The predicted octanol–water partition coefficient (Wildman–Crippen LogP) is 2.22. The lowest BCUT2D eigenvalue weighted by Gasteiger charge is -2.29. The number of benzene rings is 1. The van der Waals surface area contributed by atoms with Gasteiger partial charge in [0, 0.05) is 23.9 Å². The first-order valence-corrected chi connectivity index (χ1v) is 17.0. The second kappa shape index (κ2) is 12.3. The number of carboxylic acid groups (broad SMARTS) is 1. The minimum absolute atomic E-state index is 0.0157. The number of aromatic nitrogens is 1. The first kappa shape index (κ1) is 30.8. The smallest absolute Gasteiger partial charge is 0.405 e. The zero-order valence-electron chi connectivity index (χ0n) is 24.7. The lowest BCUT2D eigenvalue weighted by Crippen LogP contribution is -2.58. The van der Waals surface area contributed by atoms with Crippen LogP contribution in [0.1, 0.15) is 57.8 Å². The Balaban J connectivity index is 1.30. The standard InChI is InChI=1S/C31H37N5O8S/c37-26-25-16-21(44-27-23-10-7-6-8-19(23)14-15-32-27)18-36(25)28(38)24(33-30(40)41)11-5-3-1-2-4-9-20-17-31(20,34-26)29(39)35-45(42,43)22-12-13-22/h4,6-10,14-15,20-22,24-25,33H,1-3,5,11-13,16-18H2,(H,34,37)(H,35,39)(H,40,41)/t20?,21-,24+,25+,31-/m1/s1. The molecule has 13 nitrogen and oxygen atoms in total. The van der Waals surface area contributed by atoms with E-state index in [0.717, 1.165) is 23.6 Å². The lowest BCUT2D eigenvalue weighted by molar-refractivity contribution is -0.141. The number of pyridine rings is 1. The molecule has 2 aromatic rings. The van der Waals surface area contributed by atoms with E-state index < -0.39 is 68.7 Å². The number of hydrogen-bond acceptors (Lipinski definition) is 8. The molecule has 45 heavy (non-hydrogen) atoms. The Morgan fingerprint density at radius 2 is 1.89 bits per heavy atom. The second-order valence-electron chi connectivity index (χ2n) is 12.3. The topological polar surface area (TPSA) is 184 Å². The summed E-state index contributed by atoms with van der Waals surface area (Å²) < 4.78 is 33.8. The van der Waals surface area contributed by atoms with Gasteiger partial charge in [-0.1, -0.05) is 43.2 Å². The lowest BCUT2D eigenvalue weighted by atomic mass is 10.1. The van der Waals surface area contributed by atoms with Crippen molar-refractivity contribution in [3.05, 3.63) is 48.7 Å². The fourth-order valence-electron chi connectivity index (χ4n) is 6.34. The predicted molar refractivity (Wildman–Crippen MR) is 163 cm³/mol. The van der Waals surface area contributed by atoms with E-state index >= 15 is 0 Å². The van der Waals surface area contributed by atoms with Crippen LogP contribution in [-0.2, 0) is 24.4 Å². The Morgan fingerprint density at radius 3 is 2.67 bits per heavy atom. The van der Waals surface area contributed by atoms with Crippen LogP contribution >= 0.6 is 0 Å². The Morgan fingerprint density at radius 1 is 1.09 bits per heavy atom. The van der Waals surface area contributed by atoms with Crippen molar-refractivity contribution in [2.24, 2.45) is 5.92 Å². The quantitative estimate of drug-likeness (QED) is 0.344. The number of fused-ring (bicyclic) bond motifs is 3. The number of hydrogen-bond donors (Lipinski definition) is 4. The highest BCUT2D eigenvalue weighted by molar-refractivity contribution is 7.91. The maximum Gasteiger partial charge on any atom is 0.405 e. The van der Waals surface area contributed by atoms with Crippen LogP contribution in [0.5, 0.6) is 5.88 Å². The zero-order chi connectivity index (χ0) is 31.8. The van der Waals surface area contributed by atoms with E-state index in [2.05, 4.69) is 20.3 Å². The summed E-state index contributed by atoms with van der Waals surface area (Å²) >= 11 is 0. The Bertz CT molecular complexity index is 1640. The van der Waals surface area contributed by atoms with Crippen LogP contribution in [0, 0.1) is 5.92 Å². The van der Waals surface area contributed by atoms with Gasteiger partial charge in [0.2, 0.25) is 27.7 Å². The third-order valence-electron chi connectivity index (χ3n) is 9.06. The molecule has 1 aromatic heterocycles. The molecule has 240 valence electrons. The zero-order valence-corrected chi connectivity index (χ0v) is 25.5. The molecule has 4 N–H and O–H groups in total. The maximum absolute atomic E-state index is 14.0. The summed E-state index contributed by atoms with van der Waals surface area (Å²) in [6, 6.07) is 7.17. The molecule has 2 saturated carbocycles. The Kier molecular flexibility index (Phi) is 8.42. The van der Waals surface area contributed by atoms with Gasteiger partial charge in [-0.2, -0.15) is 0 Å². The van der Waals surface area contributed by atoms with Gasteiger partial charge in [-0.25, -0.2) is 18.2 Å². The van der Waals surface area contributed by atoms with Gasteiger partial charge in [-0.15, -0.1) is 0 Å². The van der Waals surface area contributed by atoms with Crippen LogP contribution in [-0.4, -0.2) is 82.7 Å². The summed E-state index contributed by atoms with van der Waals surface area (Å²) in [4.78, 5) is 58.7. The van der Waals surface area contributed by atoms with Crippen LogP contribution < -0.4 is 20.1 Å². The molecule has 0 spiro atoms. The molecule has 4 amide bonds. The minimum atomic E-state index is -3.87. The summed E-state index contributed by atoms with van der Waals surface area (Å²) in [5.74, 6) is -2.08. The number of carbonyl (C=O) groups is 4. The van der Waals surface area contributed by atoms with Crippen molar-refractivity contribution in [1.82, 2.24) is 25.2 Å². The van der Waals surface area contributed by atoms with E-state index in [1.165, 1.54) is 4.90 Å². The molecule has 14 heteroatoms. The molecule has 2 aliphatic carbocycles. The van der Waals surface area contributed by atoms with Crippen molar-refractivity contribution in [1.29, 1.82) is 0 Å². The molecule has 0 bridgehead atoms. The fourth-order valence-corrected chi connectivity index (χ4v) is 7.70. The monoisotopic (exact) mass is 639 g/mol. The van der Waals surface area contributed by atoms with E-state index in [-0.39, 0.29) is 25.8 Å². The molecule has 3 heterocycles. The van der Waals surface area contributed by atoms with Gasteiger partial charge in [-0.3, -0.25) is 19.1 Å². The number of nitrogens with zero attached hydrogens (tertiary/aromatic N) is 2. The van der Waals surface area contributed by atoms with Gasteiger partial charge in [0.1, 0.15) is 23.7 Å². The molecule has 3 fully saturated rings. The molecular weight excluding hydrogens is 602 g/mol. The van der Waals surface area contributed by atoms with E-state index in [1.807, 2.05) is 42.5 Å². The number of nitrogens with one attached hydrogen (secondary N) is 3. The van der Waals surface area contributed by atoms with Gasteiger partial charge >= 0.3 is 6.09 Å². The average Bonchev–Trinajstić information content (AvgIpc) is 3.92. The van der Waals surface area contributed by atoms with E-state index in [1.54, 1.807) is 6.20 Å². The Labute approximate surface area is 260 Å². The van der Waals surface area contributed by atoms with Gasteiger partial charge in [0.15, 0.2) is 0 Å². The van der Waals surface area contributed by atoms with Crippen molar-refractivity contribution in [3.63, 3.8) is 0 Å². The normalized spacial score (nSPS) is 29.0. The molecule has 5 atom stereocenters. The van der Waals surface area contributed by atoms with Crippen LogP contribution in [0.25, 0.3) is 10.8 Å². The van der Waals surface area contributed by atoms with E-state index in [9.17, 15) is 32.7 Å². The summed E-state index contributed by atoms with van der Waals surface area (Å²) in [5.41, 5.74) is -1.49. The number of carbonyl (C=O) groups excluding carboxylic acids is 3. The molecule has 1 aromatic carbocycles. The van der Waals surface area contributed by atoms with E-state index in [4.69, 9.17) is 4.74 Å². The van der Waals surface area contributed by atoms with Gasteiger partial charge in [0.05, 0.1) is 11.8 Å². The van der Waals surface area contributed by atoms with Crippen LogP contribution in [0.2, 0.25) is 0 Å². The first-order chi connectivity index (χ1) is 21.6. The molecule has 1 saturated heterocycles. The van der Waals surface area contributed by atoms with Crippen molar-refractivity contribution < 1.29 is 37.4 Å². The van der Waals surface area contributed by atoms with Crippen LogP contribution in [0.15, 0.2) is 48.7 Å². The molecule has 6 rings (SSSR count). The first-order valence-electron chi connectivity index (χ1n) is 15.4. The highest BCUT2D eigenvalue weighted by Gasteiger charge is 2.62. The van der Waals surface area contributed by atoms with Crippen molar-refractivity contribution >= 4 is 44.6 Å². The highest BCUT2D eigenvalue weighted by Crippen LogP contribution is 2.46. The summed E-state index contributed by atoms with van der Waals surface area (Å²) in [6.45, 7) is -0.0157. The van der Waals surface area contributed by atoms with Gasteiger partial charge in [-0.05, 0) is 56.0 Å². The molecule has 2 aliphatic heterocycles. The molecular formula is C31H37N5O8S. The summed E-state index contributed by atoms with van der Waals surface area (Å²) in [6.07, 6.45) is 7.61. The summed E-state index contributed by atoms with van der Waals surface area (Å²) in [5, 5.41) is 15.7. The number of allylic oxidation sites excluding steroid dienone is 1. The molecule has 4 aliphatic rings. The highest BCUT2D eigenvalue weighted by atomic mass is 32.2. The number of ether oxygens (including phenoxy) is 1. The third kappa shape index (κ3) is 6.60. The van der Waals surface area contributed by atoms with Gasteiger partial charge in [0.25, 0.3) is 5.91 Å². The number of sulfonamides is 1. The van der Waals surface area contributed by atoms with Crippen molar-refractivity contribution in [2.45, 2.75) is 86.8 Å². The van der Waals surface area contributed by atoms with Gasteiger partial charge < -0.3 is 25.4 Å². The largest absolute Gasteiger partial charge is 0.472 e. The average molecular weight is 640 g/mol. The SMILES string of the molecule is O=C(O)N[C@H]1CCCCCC=CC2C[C@@]2(C(=O)NS(=O)(=O)C2CC2)NC(=O)[C@@H]2C[C@@H](Oc3nccc4ccccc34)CN2C1=O. The Hall–Kier alpha value is -4.20. The van der Waals surface area contributed by atoms with Crippen LogP contribution in [0.3, 0.4) is 0 Å². The number of rotatable bonds is 6. The second-order valence-corrected chi connectivity index (χ2v) is 14.3. The minimum Gasteiger partial charge on any atom is -0.472 e. The van der Waals surface area contributed by atoms with Crippen molar-refractivity contribution in [3.8, 4) is 5.88 Å². The van der Waals surface area contributed by atoms with E-state index in [0.29, 0.717) is 31.6 Å². The molecule has 0 radical (unpaired) electrons.